The molecule has 1 amide bonds. The molecule has 0 saturated heterocycles. The lowest BCUT2D eigenvalue weighted by Gasteiger charge is -2.29. The van der Waals surface area contributed by atoms with Crippen molar-refractivity contribution in [3.05, 3.63) is 81.3 Å². The molecule has 0 spiro atoms. The van der Waals surface area contributed by atoms with Crippen LogP contribution in [0.2, 0.25) is 0 Å². The molecule has 2 fully saturated rings. The lowest BCUT2D eigenvalue weighted by molar-refractivity contribution is -0.134. The molecule has 2 saturated carbocycles. The number of aryl methyl sites for hydroxylation is 1. The molecule has 3 aromatic rings. The molecule has 0 radical (unpaired) electrons. The second-order valence-corrected chi connectivity index (χ2v) is 10.9. The number of thiazole rings is 1. The molecule has 5 rings (SSSR count). The Morgan fingerprint density at radius 2 is 1.72 bits per heavy atom. The van der Waals surface area contributed by atoms with Crippen LogP contribution >= 0.6 is 11.3 Å². The number of aliphatic hydroxyl groups excluding tert-OH is 1. The molecule has 36 heavy (non-hydrogen) atoms. The summed E-state index contributed by atoms with van der Waals surface area (Å²) < 4.78 is 5.31. The van der Waals surface area contributed by atoms with Crippen molar-refractivity contribution in [2.45, 2.75) is 56.4 Å². The number of ether oxygens (including phenoxy) is 1. The molecule has 1 N–H and O–H groups in total. The Morgan fingerprint density at radius 3 is 2.25 bits per heavy atom. The molecule has 0 aliphatic heterocycles. The van der Waals surface area contributed by atoms with Gasteiger partial charge in [0.15, 0.2) is 6.29 Å². The van der Waals surface area contributed by atoms with Crippen LogP contribution in [0.4, 0.5) is 0 Å². The van der Waals surface area contributed by atoms with E-state index in [9.17, 15) is 9.59 Å². The van der Waals surface area contributed by atoms with E-state index in [-0.39, 0.29) is 11.3 Å². The second-order valence-electron chi connectivity index (χ2n) is 9.60. The van der Waals surface area contributed by atoms with Gasteiger partial charge in [-0.3, -0.25) is 9.59 Å². The van der Waals surface area contributed by atoms with Crippen LogP contribution < -0.4 is 4.74 Å². The number of amides is 1. The molecule has 6 nitrogen and oxygen atoms in total. The number of aldehydes is 1. The molecule has 7 heteroatoms. The number of carbonyl (C=O) groups excluding carboxylic acids is 2. The average molecular weight is 507 g/mol. The Balaban J connectivity index is 0.00000148. The van der Waals surface area contributed by atoms with E-state index in [4.69, 9.17) is 9.84 Å². The minimum absolute atomic E-state index is 0.169. The van der Waals surface area contributed by atoms with Crippen molar-refractivity contribution < 1.29 is 19.4 Å². The van der Waals surface area contributed by atoms with Gasteiger partial charge in [0, 0.05) is 18.5 Å². The van der Waals surface area contributed by atoms with E-state index in [1.807, 2.05) is 36.1 Å². The van der Waals surface area contributed by atoms with E-state index in [2.05, 4.69) is 35.3 Å². The van der Waals surface area contributed by atoms with Crippen LogP contribution in [0, 0.1) is 6.92 Å². The number of benzene rings is 2. The number of carbonyl (C=O) groups is 2. The van der Waals surface area contributed by atoms with Crippen molar-refractivity contribution in [2.24, 2.45) is 0 Å². The normalized spacial score (nSPS) is 16.3. The highest BCUT2D eigenvalue weighted by Crippen LogP contribution is 2.53. The van der Waals surface area contributed by atoms with Gasteiger partial charge >= 0.3 is 0 Å². The minimum atomic E-state index is -0.463. The fourth-order valence-corrected chi connectivity index (χ4v) is 5.91. The molecule has 1 heterocycles. The highest BCUT2D eigenvalue weighted by Gasteiger charge is 2.53. The van der Waals surface area contributed by atoms with Crippen LogP contribution in [-0.4, -0.2) is 47.9 Å². The zero-order chi connectivity index (χ0) is 25.8. The van der Waals surface area contributed by atoms with Gasteiger partial charge in [0.25, 0.3) is 0 Å². The van der Waals surface area contributed by atoms with Crippen molar-refractivity contribution >= 4 is 23.5 Å². The number of aromatic nitrogens is 1. The third kappa shape index (κ3) is 5.22. The number of aliphatic hydroxyl groups is 1. The number of hydrogen-bond acceptors (Lipinski definition) is 6. The van der Waals surface area contributed by atoms with Gasteiger partial charge in [-0.05, 0) is 67.7 Å². The second kappa shape index (κ2) is 10.9. The molecule has 2 aromatic carbocycles. The standard InChI is InChI=1S/C28H30N2O3S.CH4O/c1-20-24(19-31)29-25(34-20)18-30(17-16-27(12-13-27)21-6-4-3-5-7-21)26(32)28(14-15-28)22-8-10-23(33-2)11-9-22;1-2/h3-11,19H,12-18H2,1-2H3;2H,1H3. The highest BCUT2D eigenvalue weighted by molar-refractivity contribution is 7.11. The Morgan fingerprint density at radius 1 is 1.06 bits per heavy atom. The monoisotopic (exact) mass is 506 g/mol. The fraction of sp³-hybridized carbons (Fsp3) is 0.414. The Labute approximate surface area is 216 Å². The number of hydrogen-bond donors (Lipinski definition) is 1. The van der Waals surface area contributed by atoms with Gasteiger partial charge in [0.1, 0.15) is 16.5 Å². The van der Waals surface area contributed by atoms with Crippen LogP contribution in [0.25, 0.3) is 0 Å². The third-order valence-electron chi connectivity index (χ3n) is 7.50. The Kier molecular flexibility index (Phi) is 7.91. The van der Waals surface area contributed by atoms with Crippen LogP contribution in [0.1, 0.15) is 63.6 Å². The SMILES string of the molecule is CO.COc1ccc(C2(C(=O)N(CCC3(c4ccccc4)CC3)Cc3nc(C=O)c(C)s3)CC2)cc1. The first kappa shape index (κ1) is 26.0. The van der Waals surface area contributed by atoms with E-state index >= 15 is 0 Å². The number of rotatable bonds is 10. The summed E-state index contributed by atoms with van der Waals surface area (Å²) in [5.41, 5.74) is 2.61. The lowest BCUT2D eigenvalue weighted by Crippen LogP contribution is -2.40. The van der Waals surface area contributed by atoms with Crippen molar-refractivity contribution in [3.8, 4) is 5.75 Å². The van der Waals surface area contributed by atoms with Crippen LogP contribution in [0.3, 0.4) is 0 Å². The molecule has 2 aliphatic rings. The van der Waals surface area contributed by atoms with E-state index < -0.39 is 5.41 Å². The largest absolute Gasteiger partial charge is 0.497 e. The van der Waals surface area contributed by atoms with Gasteiger partial charge in [0.05, 0.1) is 19.1 Å². The van der Waals surface area contributed by atoms with Crippen molar-refractivity contribution in [1.82, 2.24) is 9.88 Å². The molecule has 0 atom stereocenters. The first-order chi connectivity index (χ1) is 17.5. The average Bonchev–Trinajstić information content (AvgIpc) is 3.86. The number of nitrogens with zero attached hydrogens (tertiary/aromatic N) is 2. The zero-order valence-corrected chi connectivity index (χ0v) is 22.0. The molecule has 1 aromatic heterocycles. The van der Waals surface area contributed by atoms with Gasteiger partial charge in [-0.2, -0.15) is 0 Å². The maximum atomic E-state index is 14.0. The van der Waals surface area contributed by atoms with E-state index in [0.29, 0.717) is 18.8 Å². The topological polar surface area (TPSA) is 79.7 Å². The predicted octanol–water partition coefficient (Wildman–Crippen LogP) is 5.06. The quantitative estimate of drug-likeness (QED) is 0.389. The Hall–Kier alpha value is -3.03. The minimum Gasteiger partial charge on any atom is -0.497 e. The van der Waals surface area contributed by atoms with Crippen LogP contribution in [0.15, 0.2) is 54.6 Å². The zero-order valence-electron chi connectivity index (χ0n) is 21.2. The highest BCUT2D eigenvalue weighted by atomic mass is 32.1. The summed E-state index contributed by atoms with van der Waals surface area (Å²) in [5, 5.41) is 7.82. The van der Waals surface area contributed by atoms with Gasteiger partial charge in [0.2, 0.25) is 5.91 Å². The smallest absolute Gasteiger partial charge is 0.233 e. The summed E-state index contributed by atoms with van der Waals surface area (Å²) in [6.07, 6.45) is 5.77. The molecular formula is C29H34N2O4S. The summed E-state index contributed by atoms with van der Waals surface area (Å²) in [6.45, 7) is 3.03. The van der Waals surface area contributed by atoms with Crippen molar-refractivity contribution in [1.29, 1.82) is 0 Å². The predicted molar refractivity (Wildman–Crippen MR) is 142 cm³/mol. The van der Waals surface area contributed by atoms with Gasteiger partial charge in [-0.1, -0.05) is 42.5 Å². The first-order valence-corrected chi connectivity index (χ1v) is 13.2. The van der Waals surface area contributed by atoms with Crippen LogP contribution in [-0.2, 0) is 22.2 Å². The maximum absolute atomic E-state index is 14.0. The van der Waals surface area contributed by atoms with Gasteiger partial charge in [-0.25, -0.2) is 4.98 Å². The van der Waals surface area contributed by atoms with E-state index in [0.717, 1.165) is 66.7 Å². The molecule has 2 aliphatic carbocycles. The first-order valence-electron chi connectivity index (χ1n) is 12.4. The summed E-state index contributed by atoms with van der Waals surface area (Å²) >= 11 is 1.51. The molecule has 0 bridgehead atoms. The summed E-state index contributed by atoms with van der Waals surface area (Å²) in [4.78, 5) is 32.8. The molecular weight excluding hydrogens is 472 g/mol. The summed E-state index contributed by atoms with van der Waals surface area (Å²) in [5.74, 6) is 0.962. The van der Waals surface area contributed by atoms with Crippen molar-refractivity contribution in [3.63, 3.8) is 0 Å². The Bertz CT molecular complexity index is 1180. The molecule has 0 unspecified atom stereocenters. The fourth-order valence-electron chi connectivity index (χ4n) is 5.00. The van der Waals surface area contributed by atoms with Crippen molar-refractivity contribution in [2.75, 3.05) is 20.8 Å². The number of methoxy groups -OCH3 is 1. The molecule has 190 valence electrons. The lowest BCUT2D eigenvalue weighted by atomic mass is 9.91. The summed E-state index contributed by atoms with van der Waals surface area (Å²) in [7, 11) is 2.65. The maximum Gasteiger partial charge on any atom is 0.233 e. The van der Waals surface area contributed by atoms with E-state index in [1.165, 1.54) is 16.9 Å². The third-order valence-corrected chi connectivity index (χ3v) is 8.48. The van der Waals surface area contributed by atoms with E-state index in [1.54, 1.807) is 7.11 Å². The van der Waals surface area contributed by atoms with Gasteiger partial charge < -0.3 is 14.7 Å². The summed E-state index contributed by atoms with van der Waals surface area (Å²) in [6, 6.07) is 18.6. The van der Waals surface area contributed by atoms with Crippen LogP contribution in [0.5, 0.6) is 5.75 Å². The van der Waals surface area contributed by atoms with Gasteiger partial charge in [-0.15, -0.1) is 11.3 Å².